The van der Waals surface area contributed by atoms with Gasteiger partial charge in [0.25, 0.3) is 0 Å². The molecule has 0 atom stereocenters. The lowest BCUT2D eigenvalue weighted by Gasteiger charge is -1.96. The molecule has 1 aromatic heterocycles. The molecule has 0 aromatic carbocycles. The van der Waals surface area contributed by atoms with Crippen LogP contribution in [0.15, 0.2) is 12.4 Å². The molecule has 0 aliphatic heterocycles. The zero-order valence-corrected chi connectivity index (χ0v) is 7.77. The van der Waals surface area contributed by atoms with Crippen LogP contribution in [0.1, 0.15) is 5.56 Å². The summed E-state index contributed by atoms with van der Waals surface area (Å²) in [7, 11) is 0. The minimum Gasteiger partial charge on any atom is -0.262 e. The van der Waals surface area contributed by atoms with E-state index >= 15 is 0 Å². The van der Waals surface area contributed by atoms with Gasteiger partial charge >= 0.3 is 0 Å². The summed E-state index contributed by atoms with van der Waals surface area (Å²) < 4.78 is 1.11. The molecule has 0 N–H and O–H groups in total. The Balaban J connectivity index is 3.25. The third kappa shape index (κ3) is 1.55. The number of nitrogens with zero attached hydrogens (tertiary/aromatic N) is 1. The van der Waals surface area contributed by atoms with Gasteiger partial charge in [-0.1, -0.05) is 11.6 Å². The van der Waals surface area contributed by atoms with E-state index in [1.54, 1.807) is 12.4 Å². The number of aromatic nitrogens is 1. The van der Waals surface area contributed by atoms with E-state index in [0.29, 0.717) is 0 Å². The third-order valence-electron chi connectivity index (χ3n) is 1.09. The third-order valence-corrected chi connectivity index (χ3v) is 2.56. The van der Waals surface area contributed by atoms with Crippen LogP contribution >= 0.6 is 34.2 Å². The highest BCUT2D eigenvalue weighted by Crippen LogP contribution is 2.17. The Morgan fingerprint density at radius 3 is 2.67 bits per heavy atom. The zero-order valence-electron chi connectivity index (χ0n) is 4.86. The first-order chi connectivity index (χ1) is 4.22. The van der Waals surface area contributed by atoms with Gasteiger partial charge in [-0.15, -0.1) is 0 Å². The number of hydrogen-bond acceptors (Lipinski definition) is 1. The first-order valence-corrected chi connectivity index (χ1v) is 3.93. The van der Waals surface area contributed by atoms with Crippen molar-refractivity contribution in [2.75, 3.05) is 0 Å². The van der Waals surface area contributed by atoms with Crippen molar-refractivity contribution in [1.82, 2.24) is 4.98 Å². The SMILES string of the molecule is Cc1c(Cl)cncc1I. The van der Waals surface area contributed by atoms with Crippen LogP contribution in [0.4, 0.5) is 0 Å². The Hall–Kier alpha value is 0.170. The highest BCUT2D eigenvalue weighted by Gasteiger charge is 1.96. The lowest BCUT2D eigenvalue weighted by molar-refractivity contribution is 1.26. The van der Waals surface area contributed by atoms with Crippen molar-refractivity contribution in [3.05, 3.63) is 26.5 Å². The second-order valence-electron chi connectivity index (χ2n) is 1.73. The molecule has 9 heavy (non-hydrogen) atoms. The van der Waals surface area contributed by atoms with Crippen LogP contribution in [0.5, 0.6) is 0 Å². The standard InChI is InChI=1S/C6H5ClIN/c1-4-5(7)2-9-3-6(4)8/h2-3H,1H3. The molecular weight excluding hydrogens is 248 g/mol. The first-order valence-electron chi connectivity index (χ1n) is 2.47. The van der Waals surface area contributed by atoms with Gasteiger partial charge in [0.1, 0.15) is 0 Å². The molecule has 1 rings (SSSR count). The van der Waals surface area contributed by atoms with E-state index in [9.17, 15) is 0 Å². The van der Waals surface area contributed by atoms with E-state index in [1.807, 2.05) is 6.92 Å². The van der Waals surface area contributed by atoms with Crippen molar-refractivity contribution in [3.63, 3.8) is 0 Å². The Kier molecular flexibility index (Phi) is 2.29. The van der Waals surface area contributed by atoms with Gasteiger partial charge < -0.3 is 0 Å². The summed E-state index contributed by atoms with van der Waals surface area (Å²) in [5.74, 6) is 0. The van der Waals surface area contributed by atoms with E-state index < -0.39 is 0 Å². The van der Waals surface area contributed by atoms with Crippen LogP contribution in [-0.2, 0) is 0 Å². The second kappa shape index (κ2) is 2.84. The zero-order chi connectivity index (χ0) is 6.85. The van der Waals surface area contributed by atoms with Crippen molar-refractivity contribution in [3.8, 4) is 0 Å². The molecule has 48 valence electrons. The average molecular weight is 253 g/mol. The number of halogens is 2. The van der Waals surface area contributed by atoms with Crippen molar-refractivity contribution >= 4 is 34.2 Å². The molecule has 0 aliphatic carbocycles. The quantitative estimate of drug-likeness (QED) is 0.648. The van der Waals surface area contributed by atoms with Crippen LogP contribution in [0.25, 0.3) is 0 Å². The van der Waals surface area contributed by atoms with Gasteiger partial charge in [0, 0.05) is 16.0 Å². The van der Waals surface area contributed by atoms with Crippen LogP contribution in [0, 0.1) is 10.5 Å². The molecular formula is C6H5ClIN. The maximum atomic E-state index is 5.75. The molecule has 0 fully saturated rings. The van der Waals surface area contributed by atoms with Crippen molar-refractivity contribution in [1.29, 1.82) is 0 Å². The largest absolute Gasteiger partial charge is 0.262 e. The minimum absolute atomic E-state index is 0.738. The Bertz CT molecular complexity index is 204. The summed E-state index contributed by atoms with van der Waals surface area (Å²) in [4.78, 5) is 3.91. The summed E-state index contributed by atoms with van der Waals surface area (Å²) in [6, 6.07) is 0. The maximum Gasteiger partial charge on any atom is 0.0629 e. The van der Waals surface area contributed by atoms with Gasteiger partial charge in [-0.05, 0) is 35.1 Å². The maximum absolute atomic E-state index is 5.75. The van der Waals surface area contributed by atoms with E-state index in [-0.39, 0.29) is 0 Å². The van der Waals surface area contributed by atoms with Crippen LogP contribution < -0.4 is 0 Å². The molecule has 0 saturated carbocycles. The minimum atomic E-state index is 0.738. The molecule has 1 aromatic rings. The fourth-order valence-corrected chi connectivity index (χ4v) is 1.24. The fraction of sp³-hybridized carbons (Fsp3) is 0.167. The van der Waals surface area contributed by atoms with Crippen LogP contribution in [0.2, 0.25) is 5.02 Å². The molecule has 3 heteroatoms. The number of hydrogen-bond donors (Lipinski definition) is 0. The highest BCUT2D eigenvalue weighted by molar-refractivity contribution is 14.1. The highest BCUT2D eigenvalue weighted by atomic mass is 127. The van der Waals surface area contributed by atoms with E-state index in [4.69, 9.17) is 11.6 Å². The summed E-state index contributed by atoms with van der Waals surface area (Å²) in [5, 5.41) is 0.738. The summed E-state index contributed by atoms with van der Waals surface area (Å²) >= 11 is 7.95. The molecule has 0 radical (unpaired) electrons. The molecule has 1 heterocycles. The van der Waals surface area contributed by atoms with Crippen molar-refractivity contribution in [2.45, 2.75) is 6.92 Å². The van der Waals surface area contributed by atoms with E-state index in [0.717, 1.165) is 14.2 Å². The molecule has 0 amide bonds. The lowest BCUT2D eigenvalue weighted by atomic mass is 10.3. The Morgan fingerprint density at radius 2 is 2.22 bits per heavy atom. The predicted molar refractivity (Wildman–Crippen MR) is 46.7 cm³/mol. The molecule has 0 bridgehead atoms. The van der Waals surface area contributed by atoms with Gasteiger partial charge in [-0.3, -0.25) is 4.98 Å². The molecule has 1 nitrogen and oxygen atoms in total. The van der Waals surface area contributed by atoms with E-state index in [2.05, 4.69) is 27.6 Å². The second-order valence-corrected chi connectivity index (χ2v) is 3.30. The van der Waals surface area contributed by atoms with Gasteiger partial charge in [-0.25, -0.2) is 0 Å². The molecule has 0 spiro atoms. The summed E-state index contributed by atoms with van der Waals surface area (Å²) in [6.07, 6.45) is 3.45. The average Bonchev–Trinajstić information content (AvgIpc) is 1.83. The summed E-state index contributed by atoms with van der Waals surface area (Å²) in [5.41, 5.74) is 1.10. The van der Waals surface area contributed by atoms with Gasteiger partial charge in [0.05, 0.1) is 5.02 Å². The van der Waals surface area contributed by atoms with Crippen LogP contribution in [-0.4, -0.2) is 4.98 Å². The lowest BCUT2D eigenvalue weighted by Crippen LogP contribution is -1.82. The molecule has 0 unspecified atom stereocenters. The smallest absolute Gasteiger partial charge is 0.0629 e. The fourth-order valence-electron chi connectivity index (χ4n) is 0.476. The monoisotopic (exact) mass is 253 g/mol. The molecule has 0 aliphatic rings. The first kappa shape index (κ1) is 7.28. The van der Waals surface area contributed by atoms with E-state index in [1.165, 1.54) is 0 Å². The molecule has 0 saturated heterocycles. The Labute approximate surface area is 72.6 Å². The normalized spacial score (nSPS) is 9.67. The Morgan fingerprint density at radius 1 is 1.56 bits per heavy atom. The van der Waals surface area contributed by atoms with Crippen molar-refractivity contribution < 1.29 is 0 Å². The number of pyridine rings is 1. The predicted octanol–water partition coefficient (Wildman–Crippen LogP) is 2.65. The van der Waals surface area contributed by atoms with Crippen LogP contribution in [0.3, 0.4) is 0 Å². The topological polar surface area (TPSA) is 12.9 Å². The summed E-state index contributed by atoms with van der Waals surface area (Å²) in [6.45, 7) is 1.98. The van der Waals surface area contributed by atoms with Gasteiger partial charge in [0.15, 0.2) is 0 Å². The van der Waals surface area contributed by atoms with Gasteiger partial charge in [-0.2, -0.15) is 0 Å². The van der Waals surface area contributed by atoms with Gasteiger partial charge in [0.2, 0.25) is 0 Å². The van der Waals surface area contributed by atoms with Crippen molar-refractivity contribution in [2.24, 2.45) is 0 Å². The number of rotatable bonds is 0.